The van der Waals surface area contributed by atoms with Crippen molar-refractivity contribution in [3.8, 4) is 0 Å². The van der Waals surface area contributed by atoms with Gasteiger partial charge in [-0.2, -0.15) is 0 Å². The number of aromatic carboxylic acids is 1. The van der Waals surface area contributed by atoms with Gasteiger partial charge in [0, 0.05) is 11.5 Å². The van der Waals surface area contributed by atoms with Gasteiger partial charge in [-0.15, -0.1) is 0 Å². The van der Waals surface area contributed by atoms with Gasteiger partial charge in [0.05, 0.1) is 11.7 Å². The van der Waals surface area contributed by atoms with Crippen LogP contribution in [0.25, 0.3) is 10.4 Å². The van der Waals surface area contributed by atoms with E-state index in [1.165, 1.54) is 6.07 Å². The van der Waals surface area contributed by atoms with Gasteiger partial charge in [0.25, 0.3) is 0 Å². The molecule has 1 aromatic carbocycles. The standard InChI is InChI=1S/C12H15N3O4/c1-7-3-2-4-8(10(7)12(18)19)11(17)9(16)5-6-14-15-13/h2-4,9,11,16-17H,5-6H2,1H3,(H,18,19). The van der Waals surface area contributed by atoms with E-state index < -0.39 is 18.2 Å². The third kappa shape index (κ3) is 3.69. The molecule has 0 aliphatic heterocycles. The van der Waals surface area contributed by atoms with Gasteiger partial charge in [0.1, 0.15) is 6.10 Å². The zero-order valence-corrected chi connectivity index (χ0v) is 10.4. The number of hydrogen-bond donors (Lipinski definition) is 3. The van der Waals surface area contributed by atoms with Crippen molar-refractivity contribution >= 4 is 5.97 Å². The van der Waals surface area contributed by atoms with Crippen LogP contribution in [0.15, 0.2) is 23.3 Å². The average Bonchev–Trinajstić information content (AvgIpc) is 2.37. The lowest BCUT2D eigenvalue weighted by atomic mass is 9.94. The molecule has 0 bridgehead atoms. The predicted octanol–water partition coefficient (Wildman–Crippen LogP) is 1.79. The van der Waals surface area contributed by atoms with Gasteiger partial charge in [-0.05, 0) is 30.0 Å². The molecule has 7 nitrogen and oxygen atoms in total. The fourth-order valence-corrected chi connectivity index (χ4v) is 1.83. The summed E-state index contributed by atoms with van der Waals surface area (Å²) in [6, 6.07) is 4.68. The van der Waals surface area contributed by atoms with Crippen LogP contribution in [0.5, 0.6) is 0 Å². The summed E-state index contributed by atoms with van der Waals surface area (Å²) in [4.78, 5) is 13.7. The van der Waals surface area contributed by atoms with E-state index >= 15 is 0 Å². The van der Waals surface area contributed by atoms with Crippen molar-refractivity contribution < 1.29 is 20.1 Å². The summed E-state index contributed by atoms with van der Waals surface area (Å²) in [5, 5.41) is 32.2. The van der Waals surface area contributed by atoms with E-state index in [-0.39, 0.29) is 24.1 Å². The number of aliphatic hydroxyl groups is 2. The quantitative estimate of drug-likeness (QED) is 0.411. The van der Waals surface area contributed by atoms with E-state index in [4.69, 9.17) is 10.6 Å². The number of aliphatic hydroxyl groups excluding tert-OH is 2. The van der Waals surface area contributed by atoms with Gasteiger partial charge in [0.15, 0.2) is 0 Å². The zero-order valence-electron chi connectivity index (χ0n) is 10.4. The lowest BCUT2D eigenvalue weighted by Crippen LogP contribution is -2.22. The minimum atomic E-state index is -1.33. The SMILES string of the molecule is Cc1cccc(C(O)C(O)CCN=[N+]=[N-])c1C(=O)O. The lowest BCUT2D eigenvalue weighted by Gasteiger charge is -2.20. The van der Waals surface area contributed by atoms with Crippen LogP contribution in [0, 0.1) is 6.92 Å². The summed E-state index contributed by atoms with van der Waals surface area (Å²) in [5.74, 6) is -1.16. The third-order valence-corrected chi connectivity index (χ3v) is 2.79. The smallest absolute Gasteiger partial charge is 0.336 e. The van der Waals surface area contributed by atoms with Gasteiger partial charge >= 0.3 is 5.97 Å². The van der Waals surface area contributed by atoms with Gasteiger partial charge in [-0.3, -0.25) is 0 Å². The van der Waals surface area contributed by atoms with E-state index in [0.717, 1.165) is 0 Å². The van der Waals surface area contributed by atoms with Crippen LogP contribution in [0.2, 0.25) is 0 Å². The number of rotatable bonds is 6. The van der Waals surface area contributed by atoms with Crippen molar-refractivity contribution in [2.45, 2.75) is 25.6 Å². The number of nitrogens with zero attached hydrogens (tertiary/aromatic N) is 3. The van der Waals surface area contributed by atoms with E-state index in [0.29, 0.717) is 5.56 Å². The fraction of sp³-hybridized carbons (Fsp3) is 0.417. The molecule has 2 atom stereocenters. The van der Waals surface area contributed by atoms with Crippen LogP contribution in [0.4, 0.5) is 0 Å². The second-order valence-electron chi connectivity index (χ2n) is 4.10. The van der Waals surface area contributed by atoms with Crippen LogP contribution in [-0.4, -0.2) is 33.9 Å². The molecule has 0 saturated carbocycles. The number of aryl methyl sites for hydroxylation is 1. The highest BCUT2D eigenvalue weighted by Crippen LogP contribution is 2.25. The molecule has 1 rings (SSSR count). The predicted molar refractivity (Wildman–Crippen MR) is 67.7 cm³/mol. The summed E-state index contributed by atoms with van der Waals surface area (Å²) in [6.45, 7) is 1.65. The number of benzene rings is 1. The molecule has 3 N–H and O–H groups in total. The second-order valence-corrected chi connectivity index (χ2v) is 4.10. The first-order chi connectivity index (χ1) is 8.99. The molecule has 0 fully saturated rings. The number of carbonyl (C=O) groups is 1. The largest absolute Gasteiger partial charge is 0.478 e. The average molecular weight is 265 g/mol. The molecule has 1 aromatic rings. The fourth-order valence-electron chi connectivity index (χ4n) is 1.83. The maximum Gasteiger partial charge on any atom is 0.336 e. The Morgan fingerprint density at radius 2 is 2.16 bits per heavy atom. The summed E-state index contributed by atoms with van der Waals surface area (Å²) in [5.41, 5.74) is 8.77. The monoisotopic (exact) mass is 265 g/mol. The van der Waals surface area contributed by atoms with Crippen molar-refractivity contribution in [2.24, 2.45) is 5.11 Å². The topological polar surface area (TPSA) is 127 Å². The van der Waals surface area contributed by atoms with Gasteiger partial charge in [0.2, 0.25) is 0 Å². The molecule has 0 amide bonds. The Labute approximate surface area is 109 Å². The van der Waals surface area contributed by atoms with E-state index in [1.807, 2.05) is 0 Å². The molecule has 0 radical (unpaired) electrons. The first-order valence-electron chi connectivity index (χ1n) is 5.68. The van der Waals surface area contributed by atoms with Gasteiger partial charge < -0.3 is 15.3 Å². The Morgan fingerprint density at radius 1 is 1.47 bits per heavy atom. The Bertz CT molecular complexity index is 512. The van der Waals surface area contributed by atoms with Crippen molar-refractivity contribution in [3.63, 3.8) is 0 Å². The Hall–Kier alpha value is -2.08. The maximum atomic E-state index is 11.2. The highest BCUT2D eigenvalue weighted by atomic mass is 16.4. The molecule has 7 heteroatoms. The first-order valence-corrected chi connectivity index (χ1v) is 5.68. The molecular weight excluding hydrogens is 250 g/mol. The summed E-state index contributed by atoms with van der Waals surface area (Å²) < 4.78 is 0. The first kappa shape index (κ1) is 15.0. The van der Waals surface area contributed by atoms with Crippen molar-refractivity contribution in [3.05, 3.63) is 45.3 Å². The molecule has 0 aliphatic rings. The van der Waals surface area contributed by atoms with Crippen molar-refractivity contribution in [2.75, 3.05) is 6.54 Å². The van der Waals surface area contributed by atoms with E-state index in [1.54, 1.807) is 19.1 Å². The second kappa shape index (κ2) is 6.75. The number of carboxylic acid groups (broad SMARTS) is 1. The lowest BCUT2D eigenvalue weighted by molar-refractivity contribution is 0.0140. The highest BCUT2D eigenvalue weighted by molar-refractivity contribution is 5.91. The Morgan fingerprint density at radius 3 is 2.74 bits per heavy atom. The van der Waals surface area contributed by atoms with Gasteiger partial charge in [-0.1, -0.05) is 23.3 Å². The normalized spacial score (nSPS) is 13.4. The van der Waals surface area contributed by atoms with Crippen LogP contribution >= 0.6 is 0 Å². The van der Waals surface area contributed by atoms with E-state index in [2.05, 4.69) is 10.0 Å². The number of hydrogen-bond acceptors (Lipinski definition) is 4. The van der Waals surface area contributed by atoms with Crippen LogP contribution in [0.3, 0.4) is 0 Å². The minimum absolute atomic E-state index is 0.0159. The molecule has 0 heterocycles. The van der Waals surface area contributed by atoms with Crippen molar-refractivity contribution in [1.29, 1.82) is 0 Å². The van der Waals surface area contributed by atoms with E-state index in [9.17, 15) is 15.0 Å². The zero-order chi connectivity index (χ0) is 14.4. The van der Waals surface area contributed by atoms with Gasteiger partial charge in [-0.25, -0.2) is 4.79 Å². The molecule has 19 heavy (non-hydrogen) atoms. The summed E-state index contributed by atoms with van der Waals surface area (Å²) >= 11 is 0. The number of azide groups is 1. The van der Waals surface area contributed by atoms with Crippen LogP contribution < -0.4 is 0 Å². The Kier molecular flexibility index (Phi) is 5.32. The van der Waals surface area contributed by atoms with Crippen molar-refractivity contribution in [1.82, 2.24) is 0 Å². The molecule has 0 aromatic heterocycles. The third-order valence-electron chi connectivity index (χ3n) is 2.79. The minimum Gasteiger partial charge on any atom is -0.478 e. The van der Waals surface area contributed by atoms with Crippen LogP contribution in [0.1, 0.15) is 34.0 Å². The number of carboxylic acids is 1. The molecule has 102 valence electrons. The van der Waals surface area contributed by atoms with Crippen LogP contribution in [-0.2, 0) is 0 Å². The molecular formula is C12H15N3O4. The molecule has 0 saturated heterocycles. The maximum absolute atomic E-state index is 11.2. The Balaban J connectivity index is 2.98. The molecule has 0 aliphatic carbocycles. The molecule has 2 unspecified atom stereocenters. The summed E-state index contributed by atoms with van der Waals surface area (Å²) in [6.07, 6.45) is -2.47. The summed E-state index contributed by atoms with van der Waals surface area (Å²) in [7, 11) is 0. The molecule has 0 spiro atoms. The highest BCUT2D eigenvalue weighted by Gasteiger charge is 2.24.